The molecule has 8 heteroatoms. The van der Waals surface area contributed by atoms with Crippen molar-refractivity contribution >= 4 is 51.0 Å². The van der Waals surface area contributed by atoms with Crippen LogP contribution in [0.4, 0.5) is 0 Å². The minimum Gasteiger partial charge on any atom is -0.454 e. The van der Waals surface area contributed by atoms with Gasteiger partial charge in [0.2, 0.25) is 6.79 Å². The van der Waals surface area contributed by atoms with Crippen LogP contribution in [0, 0.1) is 0 Å². The molecule has 5 nitrogen and oxygen atoms in total. The molecule has 3 aromatic rings. The molecule has 2 heterocycles. The first-order chi connectivity index (χ1) is 14.2. The van der Waals surface area contributed by atoms with Crippen LogP contribution in [0.3, 0.4) is 0 Å². The van der Waals surface area contributed by atoms with Gasteiger partial charge in [0.25, 0.3) is 5.91 Å². The molecule has 0 N–H and O–H groups in total. The number of benzene rings is 2. The number of ether oxygens (including phenoxy) is 2. The number of amides is 1. The minimum absolute atomic E-state index is 0.134. The first kappa shape index (κ1) is 20.4. The second kappa shape index (κ2) is 9.28. The standard InChI is InChI=1S/C21H22N2O3S3/c1-3-28-15-6-4-14(5-7-15)10-20(24)22-21-23(8-9-27-2)16-11-17-18(26-13-25-17)12-19(16)29-21/h4-7,11-12H,3,8-10,13H2,1-2H3. The van der Waals surface area contributed by atoms with E-state index in [4.69, 9.17) is 9.47 Å². The number of aromatic nitrogens is 1. The van der Waals surface area contributed by atoms with Gasteiger partial charge in [0.15, 0.2) is 16.3 Å². The van der Waals surface area contributed by atoms with Crippen LogP contribution in [-0.2, 0) is 17.8 Å². The maximum atomic E-state index is 12.7. The zero-order chi connectivity index (χ0) is 20.2. The summed E-state index contributed by atoms with van der Waals surface area (Å²) in [5.41, 5.74) is 2.01. The zero-order valence-corrected chi connectivity index (χ0v) is 18.8. The Kier molecular flexibility index (Phi) is 6.52. The lowest BCUT2D eigenvalue weighted by Crippen LogP contribution is -2.18. The predicted molar refractivity (Wildman–Crippen MR) is 121 cm³/mol. The van der Waals surface area contributed by atoms with E-state index in [1.807, 2.05) is 24.3 Å². The molecule has 1 amide bonds. The van der Waals surface area contributed by atoms with Crippen molar-refractivity contribution < 1.29 is 14.3 Å². The van der Waals surface area contributed by atoms with Gasteiger partial charge < -0.3 is 14.0 Å². The van der Waals surface area contributed by atoms with Gasteiger partial charge in [-0.25, -0.2) is 0 Å². The Labute approximate surface area is 182 Å². The predicted octanol–water partition coefficient (Wildman–Crippen LogP) is 4.58. The van der Waals surface area contributed by atoms with Crippen molar-refractivity contribution in [1.29, 1.82) is 0 Å². The lowest BCUT2D eigenvalue weighted by Gasteiger charge is -2.05. The SMILES string of the molecule is CCSc1ccc(CC(=O)N=c2sc3cc4c(cc3n2CCSC)OCO4)cc1. The van der Waals surface area contributed by atoms with Gasteiger partial charge >= 0.3 is 0 Å². The fourth-order valence-electron chi connectivity index (χ4n) is 3.13. The molecule has 4 rings (SSSR count). The molecule has 29 heavy (non-hydrogen) atoms. The Morgan fingerprint density at radius 1 is 1.21 bits per heavy atom. The Hall–Kier alpha value is -1.90. The molecule has 0 atom stereocenters. The number of carbonyl (C=O) groups excluding carboxylic acids is 1. The van der Waals surface area contributed by atoms with E-state index < -0.39 is 0 Å². The number of aryl methyl sites for hydroxylation is 1. The summed E-state index contributed by atoms with van der Waals surface area (Å²) in [6.45, 7) is 3.17. The lowest BCUT2D eigenvalue weighted by atomic mass is 10.1. The van der Waals surface area contributed by atoms with Crippen LogP contribution < -0.4 is 14.3 Å². The Morgan fingerprint density at radius 2 is 1.97 bits per heavy atom. The molecular formula is C21H22N2O3S3. The van der Waals surface area contributed by atoms with Gasteiger partial charge in [0, 0.05) is 29.3 Å². The fourth-order valence-corrected chi connectivity index (χ4v) is 5.25. The molecule has 1 aliphatic heterocycles. The topological polar surface area (TPSA) is 52.8 Å². The smallest absolute Gasteiger partial charge is 0.252 e. The summed E-state index contributed by atoms with van der Waals surface area (Å²) in [6.07, 6.45) is 2.38. The van der Waals surface area contributed by atoms with E-state index in [0.29, 0.717) is 6.42 Å². The van der Waals surface area contributed by atoms with Gasteiger partial charge in [0.1, 0.15) is 0 Å². The molecule has 0 spiro atoms. The molecule has 1 aromatic heterocycles. The minimum atomic E-state index is -0.134. The summed E-state index contributed by atoms with van der Waals surface area (Å²) >= 11 is 5.08. The van der Waals surface area contributed by atoms with Crippen molar-refractivity contribution in [2.75, 3.05) is 24.6 Å². The second-order valence-corrected chi connectivity index (χ2v) is 9.79. The molecule has 2 aromatic carbocycles. The van der Waals surface area contributed by atoms with Gasteiger partial charge in [-0.1, -0.05) is 30.4 Å². The van der Waals surface area contributed by atoms with Crippen LogP contribution in [0.25, 0.3) is 10.2 Å². The molecule has 1 aliphatic rings. The molecule has 0 radical (unpaired) electrons. The average Bonchev–Trinajstić information content (AvgIpc) is 3.29. The first-order valence-electron chi connectivity index (χ1n) is 9.39. The van der Waals surface area contributed by atoms with Gasteiger partial charge in [-0.15, -0.1) is 11.8 Å². The van der Waals surface area contributed by atoms with Crippen LogP contribution in [0.1, 0.15) is 12.5 Å². The lowest BCUT2D eigenvalue weighted by molar-refractivity contribution is -0.117. The van der Waals surface area contributed by atoms with Gasteiger partial charge in [-0.05, 0) is 29.7 Å². The van der Waals surface area contributed by atoms with Crippen molar-refractivity contribution in [3.63, 3.8) is 0 Å². The van der Waals surface area contributed by atoms with E-state index in [1.165, 1.54) is 16.2 Å². The summed E-state index contributed by atoms with van der Waals surface area (Å²) in [7, 11) is 0. The van der Waals surface area contributed by atoms with Crippen molar-refractivity contribution in [3.8, 4) is 11.5 Å². The number of hydrogen-bond donors (Lipinski definition) is 0. The zero-order valence-electron chi connectivity index (χ0n) is 16.3. The Balaban J connectivity index is 1.64. The third-order valence-electron chi connectivity index (χ3n) is 4.51. The van der Waals surface area contributed by atoms with Crippen LogP contribution >= 0.6 is 34.9 Å². The molecule has 0 bridgehead atoms. The highest BCUT2D eigenvalue weighted by molar-refractivity contribution is 7.99. The largest absolute Gasteiger partial charge is 0.454 e. The van der Waals surface area contributed by atoms with Gasteiger partial charge in [-0.3, -0.25) is 4.79 Å². The molecule has 0 unspecified atom stereocenters. The van der Waals surface area contributed by atoms with E-state index >= 15 is 0 Å². The second-order valence-electron chi connectivity index (χ2n) is 6.46. The van der Waals surface area contributed by atoms with E-state index in [9.17, 15) is 4.79 Å². The van der Waals surface area contributed by atoms with Crippen molar-refractivity contribution in [2.45, 2.75) is 24.8 Å². The summed E-state index contributed by atoms with van der Waals surface area (Å²) in [5.74, 6) is 3.34. The van der Waals surface area contributed by atoms with E-state index in [1.54, 1.807) is 23.5 Å². The number of rotatable bonds is 7. The van der Waals surface area contributed by atoms with E-state index in [0.717, 1.165) is 50.1 Å². The number of thiazole rings is 1. The molecule has 0 aliphatic carbocycles. The van der Waals surface area contributed by atoms with Crippen LogP contribution in [-0.4, -0.2) is 35.0 Å². The molecule has 152 valence electrons. The van der Waals surface area contributed by atoms with E-state index in [2.05, 4.69) is 34.9 Å². The van der Waals surface area contributed by atoms with Gasteiger partial charge in [-0.2, -0.15) is 16.8 Å². The monoisotopic (exact) mass is 446 g/mol. The summed E-state index contributed by atoms with van der Waals surface area (Å²) in [5, 5.41) is 0. The third-order valence-corrected chi connectivity index (χ3v) is 7.03. The molecule has 0 fully saturated rings. The number of fused-ring (bicyclic) bond motifs is 2. The number of thioether (sulfide) groups is 2. The van der Waals surface area contributed by atoms with Crippen molar-refractivity contribution in [2.24, 2.45) is 4.99 Å². The Bertz CT molecular complexity index is 1090. The maximum Gasteiger partial charge on any atom is 0.252 e. The molecule has 0 saturated heterocycles. The van der Waals surface area contributed by atoms with E-state index in [-0.39, 0.29) is 12.7 Å². The van der Waals surface area contributed by atoms with Crippen LogP contribution in [0.5, 0.6) is 11.5 Å². The average molecular weight is 447 g/mol. The highest BCUT2D eigenvalue weighted by Gasteiger charge is 2.18. The van der Waals surface area contributed by atoms with Crippen LogP contribution in [0.15, 0.2) is 46.3 Å². The van der Waals surface area contributed by atoms with Crippen LogP contribution in [0.2, 0.25) is 0 Å². The summed E-state index contributed by atoms with van der Waals surface area (Å²) < 4.78 is 14.2. The summed E-state index contributed by atoms with van der Waals surface area (Å²) in [4.78, 5) is 19.1. The normalized spacial score (nSPS) is 13.4. The fraction of sp³-hybridized carbons (Fsp3) is 0.333. The highest BCUT2D eigenvalue weighted by atomic mass is 32.2. The quantitative estimate of drug-likeness (QED) is 0.498. The third kappa shape index (κ3) is 4.65. The summed E-state index contributed by atoms with van der Waals surface area (Å²) in [6, 6.07) is 12.1. The first-order valence-corrected chi connectivity index (χ1v) is 12.6. The number of nitrogens with zero attached hydrogens (tertiary/aromatic N) is 2. The van der Waals surface area contributed by atoms with Gasteiger partial charge in [0.05, 0.1) is 16.6 Å². The number of hydrogen-bond acceptors (Lipinski definition) is 6. The number of carbonyl (C=O) groups is 1. The van der Waals surface area contributed by atoms with Crippen molar-refractivity contribution in [3.05, 3.63) is 46.8 Å². The molecule has 0 saturated carbocycles. The Morgan fingerprint density at radius 3 is 2.69 bits per heavy atom. The van der Waals surface area contributed by atoms with Crippen molar-refractivity contribution in [1.82, 2.24) is 4.57 Å². The maximum absolute atomic E-state index is 12.7. The molecular weight excluding hydrogens is 424 g/mol. The highest BCUT2D eigenvalue weighted by Crippen LogP contribution is 2.37.